The number of halogens is 1. The molecule has 0 fully saturated rings. The van der Waals surface area contributed by atoms with Gasteiger partial charge < -0.3 is 5.32 Å². The summed E-state index contributed by atoms with van der Waals surface area (Å²) in [6.07, 6.45) is 0. The van der Waals surface area contributed by atoms with Gasteiger partial charge in [0.05, 0.1) is 0 Å². The van der Waals surface area contributed by atoms with Crippen LogP contribution in [-0.2, 0) is 0 Å². The molecule has 96 valence electrons. The highest BCUT2D eigenvalue weighted by molar-refractivity contribution is 7.99. The fourth-order valence-electron chi connectivity index (χ4n) is 1.63. The van der Waals surface area contributed by atoms with Gasteiger partial charge in [0.2, 0.25) is 0 Å². The zero-order chi connectivity index (χ0) is 12.8. The van der Waals surface area contributed by atoms with E-state index >= 15 is 0 Å². The summed E-state index contributed by atoms with van der Waals surface area (Å²) < 4.78 is 0. The first-order valence-corrected chi connectivity index (χ1v) is 7.56. The van der Waals surface area contributed by atoms with Gasteiger partial charge in [-0.15, -0.1) is 11.8 Å². The highest BCUT2D eigenvalue weighted by Crippen LogP contribution is 2.29. The Bertz CT molecular complexity index is 352. The molecular weight excluding hydrogens is 250 g/mol. The van der Waals surface area contributed by atoms with Crippen LogP contribution in [0.1, 0.15) is 39.3 Å². The molecule has 1 N–H and O–H groups in total. The van der Waals surface area contributed by atoms with Crippen molar-refractivity contribution in [3.8, 4) is 0 Å². The summed E-state index contributed by atoms with van der Waals surface area (Å²) >= 11 is 8.19. The SMILES string of the molecule is CCNC(C)c1ccc(SCC(C)C)cc1Cl. The van der Waals surface area contributed by atoms with Crippen molar-refractivity contribution in [2.75, 3.05) is 12.3 Å². The van der Waals surface area contributed by atoms with E-state index in [1.807, 2.05) is 11.8 Å². The standard InChI is InChI=1S/C14H22ClNS/c1-5-16-11(4)13-7-6-12(8-14(13)15)17-9-10(2)3/h6-8,10-11,16H,5,9H2,1-4H3. The van der Waals surface area contributed by atoms with E-state index in [4.69, 9.17) is 11.6 Å². The van der Waals surface area contributed by atoms with Crippen LogP contribution in [0.2, 0.25) is 5.02 Å². The van der Waals surface area contributed by atoms with E-state index in [0.717, 1.165) is 17.3 Å². The fourth-order valence-corrected chi connectivity index (χ4v) is 2.93. The van der Waals surface area contributed by atoms with Crippen molar-refractivity contribution >= 4 is 23.4 Å². The van der Waals surface area contributed by atoms with Crippen LogP contribution in [0.4, 0.5) is 0 Å². The van der Waals surface area contributed by atoms with E-state index in [1.165, 1.54) is 10.5 Å². The highest BCUT2D eigenvalue weighted by atomic mass is 35.5. The van der Waals surface area contributed by atoms with Crippen molar-refractivity contribution in [2.24, 2.45) is 5.92 Å². The van der Waals surface area contributed by atoms with E-state index in [-0.39, 0.29) is 0 Å². The molecule has 1 aromatic carbocycles. The fraction of sp³-hybridized carbons (Fsp3) is 0.571. The third kappa shape index (κ3) is 4.90. The lowest BCUT2D eigenvalue weighted by Gasteiger charge is -2.15. The first kappa shape index (κ1) is 14.9. The quantitative estimate of drug-likeness (QED) is 0.749. The van der Waals surface area contributed by atoms with Crippen LogP contribution >= 0.6 is 23.4 Å². The van der Waals surface area contributed by atoms with Gasteiger partial charge in [-0.3, -0.25) is 0 Å². The van der Waals surface area contributed by atoms with Gasteiger partial charge in [-0.2, -0.15) is 0 Å². The van der Waals surface area contributed by atoms with Crippen molar-refractivity contribution in [3.63, 3.8) is 0 Å². The Hall–Kier alpha value is -0.180. The Kier molecular flexibility index (Phi) is 6.39. The van der Waals surface area contributed by atoms with Crippen LogP contribution in [0.15, 0.2) is 23.1 Å². The summed E-state index contributed by atoms with van der Waals surface area (Å²) in [4.78, 5) is 1.26. The van der Waals surface area contributed by atoms with Crippen molar-refractivity contribution < 1.29 is 0 Å². The highest BCUT2D eigenvalue weighted by Gasteiger charge is 2.09. The maximum absolute atomic E-state index is 6.32. The Morgan fingerprint density at radius 3 is 2.53 bits per heavy atom. The third-order valence-electron chi connectivity index (χ3n) is 2.53. The molecule has 0 aliphatic carbocycles. The molecule has 0 aliphatic rings. The number of hydrogen-bond donors (Lipinski definition) is 1. The largest absolute Gasteiger partial charge is 0.310 e. The molecule has 0 aliphatic heterocycles. The second-order valence-electron chi connectivity index (χ2n) is 4.67. The molecule has 17 heavy (non-hydrogen) atoms. The Balaban J connectivity index is 2.72. The second-order valence-corrected chi connectivity index (χ2v) is 6.17. The summed E-state index contributed by atoms with van der Waals surface area (Å²) in [7, 11) is 0. The summed E-state index contributed by atoms with van der Waals surface area (Å²) in [6.45, 7) is 9.68. The van der Waals surface area contributed by atoms with E-state index in [2.05, 4.69) is 51.2 Å². The van der Waals surface area contributed by atoms with Gasteiger partial charge in [0, 0.05) is 21.7 Å². The monoisotopic (exact) mass is 271 g/mol. The molecule has 0 spiro atoms. The summed E-state index contributed by atoms with van der Waals surface area (Å²) in [6, 6.07) is 6.70. The van der Waals surface area contributed by atoms with Gasteiger partial charge in [0.15, 0.2) is 0 Å². The summed E-state index contributed by atoms with van der Waals surface area (Å²) in [5, 5.41) is 4.25. The zero-order valence-corrected chi connectivity index (χ0v) is 12.7. The zero-order valence-electron chi connectivity index (χ0n) is 11.1. The summed E-state index contributed by atoms with van der Waals surface area (Å²) in [5.74, 6) is 1.84. The Morgan fingerprint density at radius 1 is 1.29 bits per heavy atom. The topological polar surface area (TPSA) is 12.0 Å². The van der Waals surface area contributed by atoms with E-state index in [0.29, 0.717) is 12.0 Å². The number of rotatable bonds is 6. The van der Waals surface area contributed by atoms with Crippen molar-refractivity contribution in [2.45, 2.75) is 38.6 Å². The molecule has 0 saturated carbocycles. The van der Waals surface area contributed by atoms with Crippen LogP contribution in [0, 0.1) is 5.92 Å². The predicted molar refractivity (Wildman–Crippen MR) is 79.1 cm³/mol. The lowest BCUT2D eigenvalue weighted by molar-refractivity contribution is 0.598. The maximum Gasteiger partial charge on any atom is 0.0464 e. The van der Waals surface area contributed by atoms with Crippen molar-refractivity contribution in [3.05, 3.63) is 28.8 Å². The normalized spacial score (nSPS) is 13.1. The molecule has 0 radical (unpaired) electrons. The molecule has 0 saturated heterocycles. The van der Waals surface area contributed by atoms with Crippen LogP contribution in [0.5, 0.6) is 0 Å². The molecule has 1 unspecified atom stereocenters. The average molecular weight is 272 g/mol. The smallest absolute Gasteiger partial charge is 0.0464 e. The molecule has 0 bridgehead atoms. The van der Waals surface area contributed by atoms with Crippen LogP contribution < -0.4 is 5.32 Å². The van der Waals surface area contributed by atoms with Gasteiger partial charge >= 0.3 is 0 Å². The molecule has 0 aromatic heterocycles. The molecule has 1 nitrogen and oxygen atoms in total. The average Bonchev–Trinajstić information content (AvgIpc) is 2.26. The van der Waals surface area contributed by atoms with Gasteiger partial charge in [-0.05, 0) is 37.1 Å². The Labute approximate surface area is 114 Å². The second kappa shape index (κ2) is 7.30. The number of nitrogens with one attached hydrogen (secondary N) is 1. The van der Waals surface area contributed by atoms with Crippen molar-refractivity contribution in [1.29, 1.82) is 0 Å². The van der Waals surface area contributed by atoms with Gasteiger partial charge in [-0.1, -0.05) is 38.4 Å². The lowest BCUT2D eigenvalue weighted by atomic mass is 10.1. The Morgan fingerprint density at radius 2 is 2.00 bits per heavy atom. The third-order valence-corrected chi connectivity index (χ3v) is 4.28. The van der Waals surface area contributed by atoms with E-state index < -0.39 is 0 Å². The predicted octanol–water partition coefficient (Wildman–Crippen LogP) is 4.76. The minimum absolute atomic E-state index is 0.316. The molecule has 1 rings (SSSR count). The van der Waals surface area contributed by atoms with Crippen molar-refractivity contribution in [1.82, 2.24) is 5.32 Å². The van der Waals surface area contributed by atoms with Crippen LogP contribution in [-0.4, -0.2) is 12.3 Å². The first-order valence-electron chi connectivity index (χ1n) is 6.20. The minimum Gasteiger partial charge on any atom is -0.310 e. The molecule has 0 heterocycles. The number of benzene rings is 1. The van der Waals surface area contributed by atoms with E-state index in [9.17, 15) is 0 Å². The maximum atomic E-state index is 6.32. The molecule has 0 amide bonds. The van der Waals surface area contributed by atoms with E-state index in [1.54, 1.807) is 0 Å². The van der Waals surface area contributed by atoms with Gasteiger partial charge in [0.25, 0.3) is 0 Å². The van der Waals surface area contributed by atoms with Gasteiger partial charge in [0.1, 0.15) is 0 Å². The van der Waals surface area contributed by atoms with Gasteiger partial charge in [-0.25, -0.2) is 0 Å². The molecule has 1 aromatic rings. The number of thioether (sulfide) groups is 1. The number of hydrogen-bond acceptors (Lipinski definition) is 2. The van der Waals surface area contributed by atoms with Crippen LogP contribution in [0.3, 0.4) is 0 Å². The summed E-state index contributed by atoms with van der Waals surface area (Å²) in [5.41, 5.74) is 1.18. The first-order chi connectivity index (χ1) is 8.04. The lowest BCUT2D eigenvalue weighted by Crippen LogP contribution is -2.17. The molecule has 1 atom stereocenters. The van der Waals surface area contributed by atoms with Crippen LogP contribution in [0.25, 0.3) is 0 Å². The molecular formula is C14H22ClNS. The minimum atomic E-state index is 0.316. The molecule has 3 heteroatoms.